The summed E-state index contributed by atoms with van der Waals surface area (Å²) in [6, 6.07) is 19.7. The molecule has 0 saturated heterocycles. The van der Waals surface area contributed by atoms with Crippen molar-refractivity contribution in [3.05, 3.63) is 78.1 Å². The minimum atomic E-state index is 0.0430. The second kappa shape index (κ2) is 7.18. The Balaban J connectivity index is 1.87. The molecule has 0 radical (unpaired) electrons. The summed E-state index contributed by atoms with van der Waals surface area (Å²) in [5, 5.41) is 0. The minimum Gasteiger partial charge on any atom is -0.378 e. The Kier molecular flexibility index (Phi) is 4.80. The van der Waals surface area contributed by atoms with E-state index in [1.165, 1.54) is 0 Å². The summed E-state index contributed by atoms with van der Waals surface area (Å²) in [6.07, 6.45) is 3.83. The van der Waals surface area contributed by atoms with Crippen molar-refractivity contribution in [2.45, 2.75) is 6.92 Å². The maximum atomic E-state index is 11.5. The van der Waals surface area contributed by atoms with Crippen LogP contribution in [0, 0.1) is 0 Å². The predicted octanol–water partition coefficient (Wildman–Crippen LogP) is 4.50. The number of aliphatic imine (C=N–C) groups is 1. The van der Waals surface area contributed by atoms with E-state index in [9.17, 15) is 4.79 Å². The van der Waals surface area contributed by atoms with E-state index in [0.29, 0.717) is 5.56 Å². The molecule has 0 aliphatic heterocycles. The van der Waals surface area contributed by atoms with Gasteiger partial charge in [-0.25, -0.2) is 0 Å². The molecular weight excluding hydrogens is 310 g/mol. The molecule has 3 rings (SSSR count). The number of nitrogens with zero attached hydrogens (tertiary/aromatic N) is 3. The van der Waals surface area contributed by atoms with Crippen LogP contribution in [0.2, 0.25) is 0 Å². The fraction of sp³-hybridized carbons (Fsp3) is 0.143. The lowest BCUT2D eigenvalue weighted by Gasteiger charge is -2.13. The molecule has 3 aromatic rings. The molecule has 0 bridgehead atoms. The van der Waals surface area contributed by atoms with Crippen LogP contribution >= 0.6 is 0 Å². The molecule has 4 heteroatoms. The lowest BCUT2D eigenvalue weighted by atomic mass is 10.1. The molecule has 0 atom stereocenters. The zero-order valence-electron chi connectivity index (χ0n) is 14.7. The van der Waals surface area contributed by atoms with Crippen LogP contribution in [-0.4, -0.2) is 30.7 Å². The van der Waals surface area contributed by atoms with Crippen molar-refractivity contribution in [3.63, 3.8) is 0 Å². The van der Waals surface area contributed by atoms with Gasteiger partial charge in [0.25, 0.3) is 0 Å². The summed E-state index contributed by atoms with van der Waals surface area (Å²) < 4.78 is 2.08. The van der Waals surface area contributed by atoms with Gasteiger partial charge in [0.15, 0.2) is 5.78 Å². The minimum absolute atomic E-state index is 0.0430. The Morgan fingerprint density at radius 2 is 1.80 bits per heavy atom. The number of carbonyl (C=O) groups is 1. The molecule has 1 heterocycles. The van der Waals surface area contributed by atoms with Crippen molar-refractivity contribution < 1.29 is 4.79 Å². The van der Waals surface area contributed by atoms with Gasteiger partial charge in [-0.3, -0.25) is 9.79 Å². The smallest absolute Gasteiger partial charge is 0.159 e. The third kappa shape index (κ3) is 3.86. The average molecular weight is 331 g/mol. The maximum Gasteiger partial charge on any atom is 0.159 e. The second-order valence-electron chi connectivity index (χ2n) is 6.08. The van der Waals surface area contributed by atoms with Gasteiger partial charge in [0, 0.05) is 37.2 Å². The first-order chi connectivity index (χ1) is 12.0. The third-order valence-corrected chi connectivity index (χ3v) is 4.02. The molecule has 0 saturated carbocycles. The lowest BCUT2D eigenvalue weighted by Crippen LogP contribution is -2.08. The molecule has 2 aromatic carbocycles. The Labute approximate surface area is 148 Å². The van der Waals surface area contributed by atoms with Crippen LogP contribution < -0.4 is 4.90 Å². The first-order valence-electron chi connectivity index (χ1n) is 8.15. The Morgan fingerprint density at radius 1 is 1.04 bits per heavy atom. The summed E-state index contributed by atoms with van der Waals surface area (Å²) in [4.78, 5) is 18.1. The standard InChI is InChI=1S/C21H21N3O/c1-16(25)17-6-4-7-18(14-17)22-15-21-8-5-13-24(21)20-11-9-19(10-12-20)23(2)3/h4-15H,1-3H3. The van der Waals surface area contributed by atoms with Crippen molar-refractivity contribution in [1.29, 1.82) is 0 Å². The average Bonchev–Trinajstić information content (AvgIpc) is 3.09. The van der Waals surface area contributed by atoms with Crippen molar-refractivity contribution in [2.75, 3.05) is 19.0 Å². The molecule has 0 fully saturated rings. The molecule has 4 nitrogen and oxygen atoms in total. The van der Waals surface area contributed by atoms with E-state index in [0.717, 1.165) is 22.8 Å². The number of aromatic nitrogens is 1. The quantitative estimate of drug-likeness (QED) is 0.510. The van der Waals surface area contributed by atoms with Gasteiger partial charge in [-0.05, 0) is 55.5 Å². The highest BCUT2D eigenvalue weighted by Crippen LogP contribution is 2.18. The van der Waals surface area contributed by atoms with Gasteiger partial charge in [0.05, 0.1) is 17.6 Å². The summed E-state index contributed by atoms with van der Waals surface area (Å²) >= 11 is 0. The van der Waals surface area contributed by atoms with Crippen LogP contribution in [0.25, 0.3) is 5.69 Å². The van der Waals surface area contributed by atoms with Crippen molar-refractivity contribution in [1.82, 2.24) is 4.57 Å². The highest BCUT2D eigenvalue weighted by Gasteiger charge is 2.03. The molecule has 0 N–H and O–H groups in total. The number of hydrogen-bond acceptors (Lipinski definition) is 3. The molecule has 0 aliphatic rings. The fourth-order valence-corrected chi connectivity index (χ4v) is 2.59. The van der Waals surface area contributed by atoms with Crippen LogP contribution in [0.4, 0.5) is 11.4 Å². The molecule has 0 amide bonds. The molecule has 0 spiro atoms. The number of carbonyl (C=O) groups excluding carboxylic acids is 1. The van der Waals surface area contributed by atoms with Crippen LogP contribution in [0.3, 0.4) is 0 Å². The van der Waals surface area contributed by atoms with E-state index >= 15 is 0 Å². The van der Waals surface area contributed by atoms with Gasteiger partial charge >= 0.3 is 0 Å². The summed E-state index contributed by atoms with van der Waals surface area (Å²) in [5.41, 5.74) is 4.65. The van der Waals surface area contributed by atoms with Crippen LogP contribution in [0.5, 0.6) is 0 Å². The predicted molar refractivity (Wildman–Crippen MR) is 104 cm³/mol. The normalized spacial score (nSPS) is 11.0. The van der Waals surface area contributed by atoms with E-state index in [1.54, 1.807) is 19.1 Å². The molecule has 0 unspecified atom stereocenters. The molecular formula is C21H21N3O. The number of hydrogen-bond donors (Lipinski definition) is 0. The Bertz CT molecular complexity index is 905. The van der Waals surface area contributed by atoms with E-state index in [2.05, 4.69) is 38.7 Å². The molecule has 1 aromatic heterocycles. The Hall–Kier alpha value is -3.14. The first kappa shape index (κ1) is 16.7. The Morgan fingerprint density at radius 3 is 2.48 bits per heavy atom. The fourth-order valence-electron chi connectivity index (χ4n) is 2.59. The van der Waals surface area contributed by atoms with Crippen LogP contribution in [-0.2, 0) is 0 Å². The number of anilines is 1. The summed E-state index contributed by atoms with van der Waals surface area (Å²) in [5.74, 6) is 0.0430. The SMILES string of the molecule is CC(=O)c1cccc(N=Cc2cccn2-c2ccc(N(C)C)cc2)c1. The largest absolute Gasteiger partial charge is 0.378 e. The summed E-state index contributed by atoms with van der Waals surface area (Å²) in [6.45, 7) is 1.56. The number of rotatable bonds is 5. The highest BCUT2D eigenvalue weighted by molar-refractivity contribution is 5.95. The van der Waals surface area contributed by atoms with Crippen molar-refractivity contribution in [2.24, 2.45) is 4.99 Å². The molecule has 0 aliphatic carbocycles. The van der Waals surface area contributed by atoms with Gasteiger partial charge in [-0.1, -0.05) is 12.1 Å². The highest BCUT2D eigenvalue weighted by atomic mass is 16.1. The van der Waals surface area contributed by atoms with Gasteiger partial charge in [0.1, 0.15) is 0 Å². The third-order valence-electron chi connectivity index (χ3n) is 4.02. The van der Waals surface area contributed by atoms with E-state index in [1.807, 2.05) is 50.8 Å². The van der Waals surface area contributed by atoms with Gasteiger partial charge in [0.2, 0.25) is 0 Å². The van der Waals surface area contributed by atoms with Gasteiger partial charge in [-0.2, -0.15) is 0 Å². The zero-order chi connectivity index (χ0) is 17.8. The first-order valence-corrected chi connectivity index (χ1v) is 8.15. The number of ketones is 1. The second-order valence-corrected chi connectivity index (χ2v) is 6.08. The molecule has 126 valence electrons. The monoisotopic (exact) mass is 331 g/mol. The topological polar surface area (TPSA) is 37.6 Å². The van der Waals surface area contributed by atoms with Crippen molar-refractivity contribution in [3.8, 4) is 5.69 Å². The lowest BCUT2D eigenvalue weighted by molar-refractivity contribution is 0.101. The van der Waals surface area contributed by atoms with E-state index in [-0.39, 0.29) is 5.78 Å². The number of Topliss-reactive ketones (excluding diaryl/α,β-unsaturated/α-hetero) is 1. The van der Waals surface area contributed by atoms with Crippen LogP contribution in [0.1, 0.15) is 23.0 Å². The zero-order valence-corrected chi connectivity index (χ0v) is 14.7. The van der Waals surface area contributed by atoms with Gasteiger partial charge < -0.3 is 9.47 Å². The van der Waals surface area contributed by atoms with Crippen molar-refractivity contribution >= 4 is 23.4 Å². The van der Waals surface area contributed by atoms with Crippen LogP contribution in [0.15, 0.2) is 71.9 Å². The van der Waals surface area contributed by atoms with E-state index in [4.69, 9.17) is 0 Å². The summed E-state index contributed by atoms with van der Waals surface area (Å²) in [7, 11) is 4.05. The maximum absolute atomic E-state index is 11.5. The number of benzene rings is 2. The van der Waals surface area contributed by atoms with E-state index < -0.39 is 0 Å². The molecule has 25 heavy (non-hydrogen) atoms. The van der Waals surface area contributed by atoms with Gasteiger partial charge in [-0.15, -0.1) is 0 Å².